The molecule has 1 aromatic carbocycles. The minimum absolute atomic E-state index is 0.0883. The van der Waals surface area contributed by atoms with Crippen LogP contribution in [0.5, 0.6) is 5.75 Å². The van der Waals surface area contributed by atoms with Gasteiger partial charge in [-0.15, -0.1) is 0 Å². The highest BCUT2D eigenvalue weighted by atomic mass is 16.5. The van der Waals surface area contributed by atoms with Gasteiger partial charge in [-0.3, -0.25) is 14.0 Å². The summed E-state index contributed by atoms with van der Waals surface area (Å²) in [5, 5.41) is 9.53. The van der Waals surface area contributed by atoms with Crippen LogP contribution >= 0.6 is 0 Å². The minimum atomic E-state index is -0.921. The van der Waals surface area contributed by atoms with Gasteiger partial charge in [0.25, 0.3) is 0 Å². The summed E-state index contributed by atoms with van der Waals surface area (Å²) in [4.78, 5) is 29.4. The van der Waals surface area contributed by atoms with Gasteiger partial charge in [-0.25, -0.2) is 4.98 Å². The van der Waals surface area contributed by atoms with Crippen molar-refractivity contribution in [2.75, 3.05) is 6.61 Å². The average molecular weight is 380 g/mol. The Hall–Kier alpha value is -3.15. The Kier molecular flexibility index (Phi) is 5.78. The van der Waals surface area contributed by atoms with E-state index in [-0.39, 0.29) is 12.2 Å². The molecular weight excluding hydrogens is 356 g/mol. The largest absolute Gasteiger partial charge is 0.490 e. The average Bonchev–Trinajstić information content (AvgIpc) is 3.03. The van der Waals surface area contributed by atoms with E-state index in [9.17, 15) is 14.7 Å². The highest BCUT2D eigenvalue weighted by molar-refractivity contribution is 5.97. The normalized spacial score (nSPS) is 13.2. The SMILES string of the molecule is CCOc1cccn2c(C(=O)C[C@H](c3ccccc3)[C@@H](C)C(=O)O)c(C)nc12. The third-order valence-corrected chi connectivity index (χ3v) is 4.98. The van der Waals surface area contributed by atoms with E-state index in [0.717, 1.165) is 5.56 Å². The van der Waals surface area contributed by atoms with Crippen molar-refractivity contribution in [3.8, 4) is 5.75 Å². The first-order valence-electron chi connectivity index (χ1n) is 9.35. The summed E-state index contributed by atoms with van der Waals surface area (Å²) in [6.45, 7) is 5.82. The second-order valence-corrected chi connectivity index (χ2v) is 6.82. The van der Waals surface area contributed by atoms with Gasteiger partial charge in [0.05, 0.1) is 18.2 Å². The quantitative estimate of drug-likeness (QED) is 0.595. The topological polar surface area (TPSA) is 80.9 Å². The number of fused-ring (bicyclic) bond motifs is 1. The van der Waals surface area contributed by atoms with Gasteiger partial charge in [0, 0.05) is 18.5 Å². The zero-order chi connectivity index (χ0) is 20.3. The summed E-state index contributed by atoms with van der Waals surface area (Å²) in [7, 11) is 0. The van der Waals surface area contributed by atoms with Crippen LogP contribution in [0.3, 0.4) is 0 Å². The van der Waals surface area contributed by atoms with Gasteiger partial charge >= 0.3 is 5.97 Å². The summed E-state index contributed by atoms with van der Waals surface area (Å²) >= 11 is 0. The molecule has 0 aliphatic heterocycles. The van der Waals surface area contributed by atoms with E-state index in [4.69, 9.17) is 4.74 Å². The second kappa shape index (κ2) is 8.25. The number of carbonyl (C=O) groups excluding carboxylic acids is 1. The summed E-state index contributed by atoms with van der Waals surface area (Å²) in [5.74, 6) is -1.56. The molecule has 0 saturated carbocycles. The van der Waals surface area contributed by atoms with Crippen LogP contribution in [0.1, 0.15) is 47.9 Å². The van der Waals surface area contributed by atoms with Gasteiger partial charge in [-0.2, -0.15) is 0 Å². The van der Waals surface area contributed by atoms with Gasteiger partial charge in [-0.05, 0) is 31.5 Å². The van der Waals surface area contributed by atoms with Crippen LogP contribution in [-0.4, -0.2) is 32.9 Å². The van der Waals surface area contributed by atoms with Gasteiger partial charge in [-0.1, -0.05) is 37.3 Å². The second-order valence-electron chi connectivity index (χ2n) is 6.82. The summed E-state index contributed by atoms with van der Waals surface area (Å²) in [6, 6.07) is 12.9. The monoisotopic (exact) mass is 380 g/mol. The molecule has 6 heteroatoms. The fraction of sp³-hybridized carbons (Fsp3) is 0.318. The van der Waals surface area contributed by atoms with E-state index in [2.05, 4.69) is 4.98 Å². The van der Waals surface area contributed by atoms with E-state index in [1.807, 2.05) is 49.4 Å². The molecule has 6 nitrogen and oxygen atoms in total. The van der Waals surface area contributed by atoms with Gasteiger partial charge in [0.1, 0.15) is 5.69 Å². The summed E-state index contributed by atoms with van der Waals surface area (Å²) in [5.41, 5.74) is 2.50. The number of Topliss-reactive ketones (excluding diaryl/α,β-unsaturated/α-hetero) is 1. The standard InChI is InChI=1S/C22H24N2O4/c1-4-28-19-11-8-12-24-20(15(3)23-21(19)24)18(25)13-17(14(2)22(26)27)16-9-6-5-7-10-16/h5-12,14,17H,4,13H2,1-3H3,(H,26,27)/t14-,17+/m1/s1. The van der Waals surface area contributed by atoms with Gasteiger partial charge < -0.3 is 9.84 Å². The Labute approximate surface area is 163 Å². The molecule has 0 aliphatic carbocycles. The minimum Gasteiger partial charge on any atom is -0.490 e. The zero-order valence-electron chi connectivity index (χ0n) is 16.3. The third-order valence-electron chi connectivity index (χ3n) is 4.98. The first-order valence-corrected chi connectivity index (χ1v) is 9.35. The molecule has 0 amide bonds. The molecule has 2 aromatic heterocycles. The lowest BCUT2D eigenvalue weighted by molar-refractivity contribution is -0.141. The molecule has 146 valence electrons. The highest BCUT2D eigenvalue weighted by Gasteiger charge is 2.29. The number of benzene rings is 1. The van der Waals surface area contributed by atoms with E-state index in [1.54, 1.807) is 24.4 Å². The third kappa shape index (κ3) is 3.76. The number of carboxylic acid groups (broad SMARTS) is 1. The molecule has 0 bridgehead atoms. The maximum atomic E-state index is 13.2. The first kappa shape index (κ1) is 19.6. The molecule has 2 atom stereocenters. The molecule has 28 heavy (non-hydrogen) atoms. The molecular formula is C22H24N2O4. The molecule has 1 N–H and O–H groups in total. The van der Waals surface area contributed by atoms with Crippen LogP contribution in [0.25, 0.3) is 5.65 Å². The Morgan fingerprint density at radius 1 is 1.18 bits per heavy atom. The van der Waals surface area contributed by atoms with Crippen LogP contribution in [0.4, 0.5) is 0 Å². The molecule has 0 spiro atoms. The lowest BCUT2D eigenvalue weighted by atomic mass is 9.83. The van der Waals surface area contributed by atoms with Crippen LogP contribution in [0, 0.1) is 12.8 Å². The van der Waals surface area contributed by atoms with Crippen molar-refractivity contribution in [1.82, 2.24) is 9.38 Å². The van der Waals surface area contributed by atoms with Crippen molar-refractivity contribution in [3.05, 3.63) is 65.6 Å². The van der Waals surface area contributed by atoms with E-state index in [1.165, 1.54) is 0 Å². The number of ketones is 1. The summed E-state index contributed by atoms with van der Waals surface area (Å²) in [6.07, 6.45) is 1.87. The van der Waals surface area contributed by atoms with Gasteiger partial charge in [0.15, 0.2) is 17.2 Å². The van der Waals surface area contributed by atoms with Crippen molar-refractivity contribution in [1.29, 1.82) is 0 Å². The Balaban J connectivity index is 2.00. The summed E-state index contributed by atoms with van der Waals surface area (Å²) < 4.78 is 7.35. The lowest BCUT2D eigenvalue weighted by Crippen LogP contribution is -2.22. The van der Waals surface area contributed by atoms with Crippen LogP contribution in [0.2, 0.25) is 0 Å². The molecule has 0 saturated heterocycles. The molecule has 0 radical (unpaired) electrons. The van der Waals surface area contributed by atoms with Crippen molar-refractivity contribution in [2.24, 2.45) is 5.92 Å². The molecule has 3 aromatic rings. The Bertz CT molecular complexity index is 994. The maximum Gasteiger partial charge on any atom is 0.306 e. The maximum absolute atomic E-state index is 13.2. The lowest BCUT2D eigenvalue weighted by Gasteiger charge is -2.21. The predicted octanol–water partition coefficient (Wildman–Crippen LogP) is 4.12. The number of carbonyl (C=O) groups is 2. The Morgan fingerprint density at radius 2 is 1.89 bits per heavy atom. The molecule has 0 aliphatic rings. The fourth-order valence-electron chi connectivity index (χ4n) is 3.51. The van der Waals surface area contributed by atoms with Crippen LogP contribution < -0.4 is 4.74 Å². The number of carboxylic acids is 1. The number of nitrogens with zero attached hydrogens (tertiary/aromatic N) is 2. The number of ether oxygens (including phenoxy) is 1. The van der Waals surface area contributed by atoms with E-state index in [0.29, 0.717) is 29.4 Å². The van der Waals surface area contributed by atoms with Crippen molar-refractivity contribution < 1.29 is 19.4 Å². The number of hydrogen-bond acceptors (Lipinski definition) is 4. The number of hydrogen-bond donors (Lipinski definition) is 1. The number of aryl methyl sites for hydroxylation is 1. The fourth-order valence-corrected chi connectivity index (χ4v) is 3.51. The van der Waals surface area contributed by atoms with Crippen LogP contribution in [0.15, 0.2) is 48.7 Å². The predicted molar refractivity (Wildman–Crippen MR) is 106 cm³/mol. The molecule has 0 fully saturated rings. The Morgan fingerprint density at radius 3 is 2.54 bits per heavy atom. The number of imidazole rings is 1. The number of pyridine rings is 1. The highest BCUT2D eigenvalue weighted by Crippen LogP contribution is 2.31. The van der Waals surface area contributed by atoms with E-state index < -0.39 is 17.8 Å². The smallest absolute Gasteiger partial charge is 0.306 e. The van der Waals surface area contributed by atoms with Gasteiger partial charge in [0.2, 0.25) is 0 Å². The molecule has 3 rings (SSSR count). The number of rotatable bonds is 8. The van der Waals surface area contributed by atoms with E-state index >= 15 is 0 Å². The van der Waals surface area contributed by atoms with Crippen molar-refractivity contribution in [2.45, 2.75) is 33.1 Å². The zero-order valence-corrected chi connectivity index (χ0v) is 16.3. The molecule has 0 unspecified atom stereocenters. The number of aromatic nitrogens is 2. The molecule has 2 heterocycles. The van der Waals surface area contributed by atoms with Crippen molar-refractivity contribution >= 4 is 17.4 Å². The number of aliphatic carboxylic acids is 1. The first-order chi connectivity index (χ1) is 13.4. The van der Waals surface area contributed by atoms with Crippen LogP contribution in [-0.2, 0) is 4.79 Å². The van der Waals surface area contributed by atoms with Crippen molar-refractivity contribution in [3.63, 3.8) is 0 Å².